The average Bonchev–Trinajstić information content (AvgIpc) is 3.67. The van der Waals surface area contributed by atoms with E-state index >= 15 is 0 Å². The van der Waals surface area contributed by atoms with Crippen LogP contribution in [0, 0.1) is 13.8 Å². The highest BCUT2D eigenvalue weighted by Gasteiger charge is 2.33. The molecule has 0 bridgehead atoms. The molecular weight excluding hydrogens is 456 g/mol. The molecule has 5 rings (SSSR count). The molecule has 192 valence electrons. The van der Waals surface area contributed by atoms with Gasteiger partial charge in [-0.05, 0) is 58.1 Å². The summed E-state index contributed by atoms with van der Waals surface area (Å²) in [5, 5.41) is 18.1. The number of ether oxygens (including phenoxy) is 2. The molecule has 2 fully saturated rings. The van der Waals surface area contributed by atoms with Crippen molar-refractivity contribution in [3.63, 3.8) is 0 Å². The monoisotopic (exact) mass is 492 g/mol. The van der Waals surface area contributed by atoms with Crippen LogP contribution in [0.15, 0.2) is 28.8 Å². The molecule has 1 aliphatic heterocycles. The highest BCUT2D eigenvalue weighted by atomic mass is 16.5. The molecule has 8 nitrogen and oxygen atoms in total. The zero-order valence-electron chi connectivity index (χ0n) is 21.4. The summed E-state index contributed by atoms with van der Waals surface area (Å²) in [6.45, 7) is 7.84. The molecule has 2 aliphatic rings. The molecule has 0 spiro atoms. The van der Waals surface area contributed by atoms with Crippen LogP contribution in [0.2, 0.25) is 0 Å². The van der Waals surface area contributed by atoms with Crippen molar-refractivity contribution >= 4 is 5.82 Å². The first-order chi connectivity index (χ1) is 17.5. The topological polar surface area (TPSA) is 103 Å². The van der Waals surface area contributed by atoms with Crippen LogP contribution in [0.25, 0.3) is 22.6 Å². The van der Waals surface area contributed by atoms with E-state index in [4.69, 9.17) is 24.0 Å². The number of aliphatic hydroxyl groups excluding tert-OH is 1. The minimum Gasteiger partial charge on any atom is -0.491 e. The van der Waals surface area contributed by atoms with Gasteiger partial charge in [-0.2, -0.15) is 0 Å². The summed E-state index contributed by atoms with van der Waals surface area (Å²) in [6.07, 6.45) is 5.30. The fourth-order valence-corrected chi connectivity index (χ4v) is 4.71. The lowest BCUT2D eigenvalue weighted by atomic mass is 10.0. The molecule has 2 aromatic heterocycles. The number of aliphatic hydroxyl groups is 1. The van der Waals surface area contributed by atoms with E-state index in [-0.39, 0.29) is 6.61 Å². The van der Waals surface area contributed by atoms with E-state index in [9.17, 15) is 5.11 Å². The van der Waals surface area contributed by atoms with Crippen molar-refractivity contribution in [3.8, 4) is 28.4 Å². The minimum absolute atomic E-state index is 0.262. The molecule has 0 amide bonds. The quantitative estimate of drug-likeness (QED) is 0.387. The second-order valence-electron chi connectivity index (χ2n) is 9.96. The van der Waals surface area contributed by atoms with Crippen LogP contribution in [0.1, 0.15) is 68.4 Å². The number of hydrogen-bond acceptors (Lipinski definition) is 8. The number of nitrogens with one attached hydrogen (secondary N) is 1. The Balaban J connectivity index is 1.53. The first-order valence-electron chi connectivity index (χ1n) is 13.1. The standard InChI is InChI=1S/C28H36N4O4/c1-4-6-22(33)16-35-23-8-5-7-20(15-23)28-30-25(24-18(3)36-32-26(24)19-9-10-19)17(2)27(31-28)29-21-11-13-34-14-12-21/h5,7-8,15,19,21-22,33H,4,6,9-14,16H2,1-3H3,(H,29,30,31). The number of anilines is 1. The van der Waals surface area contributed by atoms with E-state index in [0.717, 1.165) is 85.0 Å². The molecular formula is C28H36N4O4. The van der Waals surface area contributed by atoms with E-state index in [1.807, 2.05) is 38.1 Å². The molecule has 3 aromatic rings. The van der Waals surface area contributed by atoms with Crippen molar-refractivity contribution in [1.29, 1.82) is 0 Å². The van der Waals surface area contributed by atoms with Crippen molar-refractivity contribution in [1.82, 2.24) is 15.1 Å². The Labute approximate surface area is 212 Å². The van der Waals surface area contributed by atoms with Crippen molar-refractivity contribution in [2.45, 2.75) is 77.4 Å². The maximum atomic E-state index is 10.1. The molecule has 8 heteroatoms. The first-order valence-corrected chi connectivity index (χ1v) is 13.1. The number of nitrogens with zero attached hydrogens (tertiary/aromatic N) is 3. The van der Waals surface area contributed by atoms with Crippen LogP contribution >= 0.6 is 0 Å². The predicted octanol–water partition coefficient (Wildman–Crippen LogP) is 5.42. The van der Waals surface area contributed by atoms with Gasteiger partial charge in [0.1, 0.15) is 23.9 Å². The van der Waals surface area contributed by atoms with Gasteiger partial charge in [-0.25, -0.2) is 9.97 Å². The third kappa shape index (κ3) is 5.55. The van der Waals surface area contributed by atoms with Gasteiger partial charge in [0.2, 0.25) is 0 Å². The lowest BCUT2D eigenvalue weighted by Gasteiger charge is -2.25. The van der Waals surface area contributed by atoms with E-state index in [1.165, 1.54) is 0 Å². The molecule has 3 heterocycles. The summed E-state index contributed by atoms with van der Waals surface area (Å²) in [5.74, 6) is 3.35. The molecule has 36 heavy (non-hydrogen) atoms. The van der Waals surface area contributed by atoms with E-state index in [2.05, 4.69) is 17.4 Å². The number of benzene rings is 1. The first kappa shape index (κ1) is 24.7. The molecule has 1 aromatic carbocycles. The van der Waals surface area contributed by atoms with Crippen molar-refractivity contribution < 1.29 is 19.1 Å². The van der Waals surface area contributed by atoms with Gasteiger partial charge in [0.25, 0.3) is 0 Å². The summed E-state index contributed by atoms with van der Waals surface area (Å²) in [5.41, 5.74) is 4.70. The molecule has 1 saturated carbocycles. The Morgan fingerprint density at radius 2 is 1.94 bits per heavy atom. The molecule has 1 aliphatic carbocycles. The Morgan fingerprint density at radius 3 is 2.69 bits per heavy atom. The fraction of sp³-hybridized carbons (Fsp3) is 0.536. The van der Waals surface area contributed by atoms with Gasteiger partial charge in [0.05, 0.1) is 23.1 Å². The summed E-state index contributed by atoms with van der Waals surface area (Å²) in [7, 11) is 0. The zero-order valence-corrected chi connectivity index (χ0v) is 21.4. The Kier molecular flexibility index (Phi) is 7.53. The highest BCUT2D eigenvalue weighted by Crippen LogP contribution is 2.45. The normalized spacial score (nSPS) is 17.2. The molecule has 1 saturated heterocycles. The SMILES string of the molecule is CCCC(O)COc1cccc(-c2nc(NC3CCOCC3)c(C)c(-c3c(C4CC4)noc3C)n2)c1. The van der Waals surface area contributed by atoms with Crippen LogP contribution in [0.3, 0.4) is 0 Å². The van der Waals surface area contributed by atoms with Crippen molar-refractivity contribution in [3.05, 3.63) is 41.3 Å². The second-order valence-corrected chi connectivity index (χ2v) is 9.96. The van der Waals surface area contributed by atoms with Gasteiger partial charge in [-0.1, -0.05) is 30.6 Å². The van der Waals surface area contributed by atoms with Gasteiger partial charge in [0.15, 0.2) is 5.82 Å². The largest absolute Gasteiger partial charge is 0.491 e. The number of rotatable bonds is 10. The Bertz CT molecular complexity index is 1180. The lowest BCUT2D eigenvalue weighted by molar-refractivity contribution is 0.0904. The van der Waals surface area contributed by atoms with Gasteiger partial charge in [0, 0.05) is 36.3 Å². The van der Waals surface area contributed by atoms with Crippen LogP contribution in [-0.4, -0.2) is 52.2 Å². The number of aromatic nitrogens is 3. The third-order valence-electron chi connectivity index (χ3n) is 6.95. The summed E-state index contributed by atoms with van der Waals surface area (Å²) in [4.78, 5) is 10.0. The van der Waals surface area contributed by atoms with Gasteiger partial charge in [-0.3, -0.25) is 0 Å². The van der Waals surface area contributed by atoms with Crippen molar-refractivity contribution in [2.24, 2.45) is 0 Å². The Hall–Kier alpha value is -2.97. The summed E-state index contributed by atoms with van der Waals surface area (Å²) in [6, 6.07) is 8.06. The van der Waals surface area contributed by atoms with Gasteiger partial charge >= 0.3 is 0 Å². The molecule has 0 radical (unpaired) electrons. The number of aryl methyl sites for hydroxylation is 1. The molecule has 1 atom stereocenters. The van der Waals surface area contributed by atoms with Crippen LogP contribution in [0.4, 0.5) is 5.82 Å². The van der Waals surface area contributed by atoms with Crippen LogP contribution in [0.5, 0.6) is 5.75 Å². The van der Waals surface area contributed by atoms with E-state index in [1.54, 1.807) is 0 Å². The van der Waals surface area contributed by atoms with Gasteiger partial charge < -0.3 is 24.4 Å². The number of hydrogen-bond donors (Lipinski definition) is 2. The molecule has 2 N–H and O–H groups in total. The van der Waals surface area contributed by atoms with Crippen molar-refractivity contribution in [2.75, 3.05) is 25.1 Å². The molecule has 1 unspecified atom stereocenters. The fourth-order valence-electron chi connectivity index (χ4n) is 4.71. The van der Waals surface area contributed by atoms with E-state index < -0.39 is 6.10 Å². The van der Waals surface area contributed by atoms with Crippen LogP contribution < -0.4 is 10.1 Å². The summed E-state index contributed by atoms with van der Waals surface area (Å²) >= 11 is 0. The maximum Gasteiger partial charge on any atom is 0.162 e. The maximum absolute atomic E-state index is 10.1. The minimum atomic E-state index is -0.478. The average molecular weight is 493 g/mol. The van der Waals surface area contributed by atoms with E-state index in [0.29, 0.717) is 30.0 Å². The van der Waals surface area contributed by atoms with Crippen LogP contribution in [-0.2, 0) is 4.74 Å². The smallest absolute Gasteiger partial charge is 0.162 e. The summed E-state index contributed by atoms with van der Waals surface area (Å²) < 4.78 is 17.1. The third-order valence-corrected chi connectivity index (χ3v) is 6.95. The Morgan fingerprint density at radius 1 is 1.14 bits per heavy atom. The zero-order chi connectivity index (χ0) is 25.1. The predicted molar refractivity (Wildman–Crippen MR) is 138 cm³/mol. The second kappa shape index (κ2) is 11.0. The lowest BCUT2D eigenvalue weighted by Crippen LogP contribution is -2.28. The van der Waals surface area contributed by atoms with Gasteiger partial charge in [-0.15, -0.1) is 0 Å². The highest BCUT2D eigenvalue weighted by molar-refractivity contribution is 5.75.